The summed E-state index contributed by atoms with van der Waals surface area (Å²) in [5.74, 6) is 4.57. The van der Waals surface area contributed by atoms with Crippen LogP contribution in [0.4, 0.5) is 0 Å². The number of ether oxygens (including phenoxy) is 2. The number of methoxy groups -OCH3 is 2. The molecule has 0 saturated heterocycles. The van der Waals surface area contributed by atoms with Crippen molar-refractivity contribution >= 4 is 5.97 Å². The van der Waals surface area contributed by atoms with Crippen LogP contribution in [-0.2, 0) is 14.3 Å². The molecule has 0 rings (SSSR count). The van der Waals surface area contributed by atoms with E-state index >= 15 is 0 Å². The van der Waals surface area contributed by atoms with Gasteiger partial charge < -0.3 is 9.47 Å². The molecule has 0 aliphatic rings. The Morgan fingerprint density at radius 2 is 2.18 bits per heavy atom. The van der Waals surface area contributed by atoms with Crippen LogP contribution >= 0.6 is 0 Å². The van der Waals surface area contributed by atoms with Crippen LogP contribution < -0.4 is 0 Å². The molecule has 1 atom stereocenters. The summed E-state index contributed by atoms with van der Waals surface area (Å²) in [6, 6.07) is 0. The maximum absolute atomic E-state index is 10.5. The molecule has 3 nitrogen and oxygen atoms in total. The Hall–Kier alpha value is -1.01. The first-order valence-corrected chi connectivity index (χ1v) is 3.29. The Labute approximate surface area is 66.7 Å². The van der Waals surface area contributed by atoms with Crippen molar-refractivity contribution in [3.8, 4) is 11.8 Å². The maximum Gasteiger partial charge on any atom is 0.384 e. The smallest absolute Gasteiger partial charge is 0.384 e. The van der Waals surface area contributed by atoms with Gasteiger partial charge in [0.15, 0.2) is 0 Å². The van der Waals surface area contributed by atoms with Gasteiger partial charge in [-0.2, -0.15) is 0 Å². The Bertz CT molecular complexity index is 176. The molecule has 11 heavy (non-hydrogen) atoms. The van der Waals surface area contributed by atoms with Crippen LogP contribution in [0.25, 0.3) is 0 Å². The third kappa shape index (κ3) is 5.43. The molecule has 0 aliphatic carbocycles. The third-order valence-corrected chi connectivity index (χ3v) is 1.02. The molecular weight excluding hydrogens is 144 g/mol. The minimum absolute atomic E-state index is 0.0686. The van der Waals surface area contributed by atoms with Gasteiger partial charge in [-0.15, -0.1) is 0 Å². The predicted octanol–water partition coefficient (Wildman–Crippen LogP) is 0.445. The van der Waals surface area contributed by atoms with Gasteiger partial charge in [-0.25, -0.2) is 4.79 Å². The molecule has 0 fully saturated rings. The Balaban J connectivity index is 3.76. The lowest BCUT2D eigenvalue weighted by molar-refractivity contribution is -0.133. The van der Waals surface area contributed by atoms with Gasteiger partial charge in [-0.3, -0.25) is 0 Å². The molecule has 0 amide bonds. The highest BCUT2D eigenvalue weighted by molar-refractivity contribution is 5.88. The van der Waals surface area contributed by atoms with Crippen LogP contribution in [0.5, 0.6) is 0 Å². The molecule has 0 aromatic heterocycles. The number of hydrogen-bond donors (Lipinski definition) is 0. The summed E-state index contributed by atoms with van der Waals surface area (Å²) in [6.07, 6.45) is 0. The van der Waals surface area contributed by atoms with Crippen molar-refractivity contribution in [2.24, 2.45) is 5.92 Å². The fourth-order valence-electron chi connectivity index (χ4n) is 0.525. The van der Waals surface area contributed by atoms with Crippen molar-refractivity contribution in [2.75, 3.05) is 20.8 Å². The molecule has 0 heterocycles. The Morgan fingerprint density at radius 3 is 2.64 bits per heavy atom. The Morgan fingerprint density at radius 1 is 1.55 bits per heavy atom. The summed E-state index contributed by atoms with van der Waals surface area (Å²) in [7, 11) is 2.90. The van der Waals surface area contributed by atoms with Crippen molar-refractivity contribution in [1.29, 1.82) is 0 Å². The topological polar surface area (TPSA) is 35.5 Å². The highest BCUT2D eigenvalue weighted by Gasteiger charge is 1.95. The molecule has 0 radical (unpaired) electrons. The van der Waals surface area contributed by atoms with E-state index in [2.05, 4.69) is 16.6 Å². The van der Waals surface area contributed by atoms with Crippen LogP contribution in [0.2, 0.25) is 0 Å². The molecule has 0 saturated carbocycles. The van der Waals surface area contributed by atoms with Gasteiger partial charge in [0.05, 0.1) is 13.7 Å². The highest BCUT2D eigenvalue weighted by Crippen LogP contribution is 1.90. The summed E-state index contributed by atoms with van der Waals surface area (Å²) >= 11 is 0. The number of esters is 1. The maximum atomic E-state index is 10.5. The third-order valence-electron chi connectivity index (χ3n) is 1.02. The SMILES string of the molecule is COCC(C)C#CC(=O)OC. The summed E-state index contributed by atoms with van der Waals surface area (Å²) in [6.45, 7) is 2.41. The van der Waals surface area contributed by atoms with Crippen molar-refractivity contribution in [2.45, 2.75) is 6.92 Å². The minimum Gasteiger partial charge on any atom is -0.459 e. The molecule has 0 bridgehead atoms. The van der Waals surface area contributed by atoms with Crippen LogP contribution in [-0.4, -0.2) is 26.8 Å². The highest BCUT2D eigenvalue weighted by atomic mass is 16.5. The van der Waals surface area contributed by atoms with E-state index in [1.165, 1.54) is 7.11 Å². The van der Waals surface area contributed by atoms with E-state index in [9.17, 15) is 4.79 Å². The lowest BCUT2D eigenvalue weighted by atomic mass is 10.2. The van der Waals surface area contributed by atoms with Gasteiger partial charge in [-0.1, -0.05) is 5.92 Å². The molecule has 0 aliphatic heterocycles. The number of rotatable bonds is 2. The number of carbonyl (C=O) groups excluding carboxylic acids is 1. The first-order chi connectivity index (χ1) is 5.20. The zero-order chi connectivity index (χ0) is 8.69. The average Bonchev–Trinajstić information content (AvgIpc) is 2.01. The minimum atomic E-state index is -0.507. The molecule has 0 aromatic carbocycles. The van der Waals surface area contributed by atoms with Crippen molar-refractivity contribution in [1.82, 2.24) is 0 Å². The van der Waals surface area contributed by atoms with Crippen molar-refractivity contribution < 1.29 is 14.3 Å². The van der Waals surface area contributed by atoms with Gasteiger partial charge in [0, 0.05) is 18.9 Å². The molecule has 0 N–H and O–H groups in total. The zero-order valence-corrected chi connectivity index (χ0v) is 7.01. The van der Waals surface area contributed by atoms with Crippen molar-refractivity contribution in [3.05, 3.63) is 0 Å². The first-order valence-electron chi connectivity index (χ1n) is 3.29. The lowest BCUT2D eigenvalue weighted by Gasteiger charge is -1.98. The lowest BCUT2D eigenvalue weighted by Crippen LogP contribution is -2.02. The molecule has 0 spiro atoms. The predicted molar refractivity (Wildman–Crippen MR) is 40.8 cm³/mol. The van der Waals surface area contributed by atoms with E-state index < -0.39 is 5.97 Å². The fraction of sp³-hybridized carbons (Fsp3) is 0.625. The summed E-state index contributed by atoms with van der Waals surface area (Å²) in [5, 5.41) is 0. The summed E-state index contributed by atoms with van der Waals surface area (Å²) in [4.78, 5) is 10.5. The second-order valence-electron chi connectivity index (χ2n) is 2.12. The standard InChI is InChI=1S/C8H12O3/c1-7(6-10-2)4-5-8(9)11-3/h7H,6H2,1-3H3. The van der Waals surface area contributed by atoms with Gasteiger partial charge in [0.25, 0.3) is 0 Å². The zero-order valence-electron chi connectivity index (χ0n) is 7.01. The normalized spacial score (nSPS) is 11.2. The molecule has 0 aromatic rings. The van der Waals surface area contributed by atoms with E-state index in [0.29, 0.717) is 6.61 Å². The second-order valence-corrected chi connectivity index (χ2v) is 2.12. The number of hydrogen-bond acceptors (Lipinski definition) is 3. The van der Waals surface area contributed by atoms with Crippen LogP contribution in [0, 0.1) is 17.8 Å². The fourth-order valence-corrected chi connectivity index (χ4v) is 0.525. The van der Waals surface area contributed by atoms with Crippen LogP contribution in [0.15, 0.2) is 0 Å². The molecule has 1 unspecified atom stereocenters. The summed E-state index contributed by atoms with van der Waals surface area (Å²) < 4.78 is 9.14. The largest absolute Gasteiger partial charge is 0.459 e. The Kier molecular flexibility index (Phi) is 5.22. The molecule has 62 valence electrons. The van der Waals surface area contributed by atoms with Crippen LogP contribution in [0.1, 0.15) is 6.92 Å². The van der Waals surface area contributed by atoms with E-state index in [-0.39, 0.29) is 5.92 Å². The summed E-state index contributed by atoms with van der Waals surface area (Å²) in [5.41, 5.74) is 0. The van der Waals surface area contributed by atoms with Crippen LogP contribution in [0.3, 0.4) is 0 Å². The molecule has 3 heteroatoms. The van der Waals surface area contributed by atoms with E-state index in [0.717, 1.165) is 0 Å². The van der Waals surface area contributed by atoms with Gasteiger partial charge in [0.1, 0.15) is 0 Å². The van der Waals surface area contributed by atoms with E-state index in [1.54, 1.807) is 7.11 Å². The number of carbonyl (C=O) groups is 1. The van der Waals surface area contributed by atoms with Gasteiger partial charge in [-0.05, 0) is 6.92 Å². The molecular formula is C8H12O3. The first kappa shape index (κ1) is 9.99. The monoisotopic (exact) mass is 156 g/mol. The van der Waals surface area contributed by atoms with Gasteiger partial charge in [0.2, 0.25) is 0 Å². The average molecular weight is 156 g/mol. The quantitative estimate of drug-likeness (QED) is 0.331. The second kappa shape index (κ2) is 5.75. The van der Waals surface area contributed by atoms with Crippen molar-refractivity contribution in [3.63, 3.8) is 0 Å². The van der Waals surface area contributed by atoms with E-state index in [1.807, 2.05) is 6.92 Å². The van der Waals surface area contributed by atoms with Gasteiger partial charge >= 0.3 is 5.97 Å². The van der Waals surface area contributed by atoms with E-state index in [4.69, 9.17) is 4.74 Å².